The second-order valence-electron chi connectivity index (χ2n) is 7.03. The molecule has 0 radical (unpaired) electrons. The molecule has 0 bridgehead atoms. The number of benzene rings is 1. The summed E-state index contributed by atoms with van der Waals surface area (Å²) in [5.41, 5.74) is 0.929. The van der Waals surface area contributed by atoms with Gasteiger partial charge in [0.25, 0.3) is 0 Å². The average molecular weight is 349 g/mol. The molecule has 0 unspecified atom stereocenters. The zero-order chi connectivity index (χ0) is 18.6. The Kier molecular flexibility index (Phi) is 6.02. The summed E-state index contributed by atoms with van der Waals surface area (Å²) in [6.45, 7) is 5.88. The number of carbonyl (C=O) groups is 2. The maximum absolute atomic E-state index is 12.5. The number of carbonyl (C=O) groups excluding carboxylic acids is 2. The average Bonchev–Trinajstić information content (AvgIpc) is 2.95. The van der Waals surface area contributed by atoms with Crippen LogP contribution in [-0.2, 0) is 4.79 Å². The lowest BCUT2D eigenvalue weighted by Gasteiger charge is -2.27. The van der Waals surface area contributed by atoms with E-state index in [9.17, 15) is 19.8 Å². The molecule has 1 saturated heterocycles. The van der Waals surface area contributed by atoms with Crippen LogP contribution in [0.1, 0.15) is 32.3 Å². The van der Waals surface area contributed by atoms with Gasteiger partial charge in [0.1, 0.15) is 6.54 Å². The molecule has 1 heterocycles. The molecule has 1 aliphatic rings. The fourth-order valence-corrected chi connectivity index (χ4v) is 2.69. The minimum atomic E-state index is -1.09. The van der Waals surface area contributed by atoms with Gasteiger partial charge in [0.2, 0.25) is 5.91 Å². The van der Waals surface area contributed by atoms with Crippen molar-refractivity contribution in [1.82, 2.24) is 10.2 Å². The fraction of sp³-hybridized carbons (Fsp3) is 0.556. The summed E-state index contributed by atoms with van der Waals surface area (Å²) >= 11 is 0. The number of hydrogen-bond acceptors (Lipinski definition) is 4. The normalized spacial score (nSPS) is 15.2. The van der Waals surface area contributed by atoms with Gasteiger partial charge < -0.3 is 20.4 Å². The molecule has 0 aliphatic carbocycles. The van der Waals surface area contributed by atoms with Crippen molar-refractivity contribution in [3.63, 3.8) is 0 Å². The Morgan fingerprint density at radius 3 is 2.32 bits per heavy atom. The van der Waals surface area contributed by atoms with Gasteiger partial charge in [-0.2, -0.15) is 0 Å². The highest BCUT2D eigenvalue weighted by Crippen LogP contribution is 2.23. The largest absolute Gasteiger partial charge is 0.394 e. The van der Waals surface area contributed by atoms with E-state index in [2.05, 4.69) is 19.2 Å². The first-order chi connectivity index (χ1) is 11.8. The number of urea groups is 1. The first kappa shape index (κ1) is 19.2. The Morgan fingerprint density at radius 2 is 1.80 bits per heavy atom. The number of amides is 3. The topological polar surface area (TPSA) is 93.1 Å². The SMILES string of the molecule is CC(C)c1ccc(N2CCN(CC(=O)NC(C)(CO)CO)C2=O)cc1. The second-order valence-corrected chi connectivity index (χ2v) is 7.03. The molecule has 7 heteroatoms. The zero-order valence-electron chi connectivity index (χ0n) is 15.0. The van der Waals surface area contributed by atoms with Gasteiger partial charge in [-0.25, -0.2) is 4.79 Å². The zero-order valence-corrected chi connectivity index (χ0v) is 15.0. The standard InChI is InChI=1S/C18H27N3O4/c1-13(2)14-4-6-15(7-5-14)21-9-8-20(17(21)25)10-16(24)19-18(3,11-22)12-23/h4-7,13,22-23H,8-12H2,1-3H3,(H,19,24). The van der Waals surface area contributed by atoms with E-state index in [1.807, 2.05) is 24.3 Å². The van der Waals surface area contributed by atoms with Gasteiger partial charge in [0.05, 0.1) is 18.8 Å². The van der Waals surface area contributed by atoms with E-state index in [0.29, 0.717) is 19.0 Å². The summed E-state index contributed by atoms with van der Waals surface area (Å²) in [7, 11) is 0. The summed E-state index contributed by atoms with van der Waals surface area (Å²) in [5, 5.41) is 21.0. The number of hydrogen-bond donors (Lipinski definition) is 3. The lowest BCUT2D eigenvalue weighted by Crippen LogP contribution is -2.54. The maximum Gasteiger partial charge on any atom is 0.325 e. The molecule has 0 saturated carbocycles. The van der Waals surface area contributed by atoms with Crippen molar-refractivity contribution in [1.29, 1.82) is 0 Å². The van der Waals surface area contributed by atoms with Gasteiger partial charge in [0.15, 0.2) is 0 Å². The summed E-state index contributed by atoms with van der Waals surface area (Å²) in [4.78, 5) is 27.7. The predicted molar refractivity (Wildman–Crippen MR) is 95.6 cm³/mol. The number of aliphatic hydroxyl groups excluding tert-OH is 2. The fourth-order valence-electron chi connectivity index (χ4n) is 2.69. The molecule has 0 spiro atoms. The molecule has 0 atom stereocenters. The molecule has 2 rings (SSSR count). The first-order valence-electron chi connectivity index (χ1n) is 8.49. The predicted octanol–water partition coefficient (Wildman–Crippen LogP) is 0.911. The molecule has 1 aliphatic heterocycles. The van der Waals surface area contributed by atoms with Crippen molar-refractivity contribution in [3.8, 4) is 0 Å². The third kappa shape index (κ3) is 4.49. The highest BCUT2D eigenvalue weighted by atomic mass is 16.3. The first-order valence-corrected chi connectivity index (χ1v) is 8.49. The second kappa shape index (κ2) is 7.84. The molecular weight excluding hydrogens is 322 g/mol. The van der Waals surface area contributed by atoms with Crippen LogP contribution in [0.4, 0.5) is 10.5 Å². The lowest BCUT2D eigenvalue weighted by molar-refractivity contribution is -0.124. The van der Waals surface area contributed by atoms with Crippen molar-refractivity contribution in [2.75, 3.05) is 37.7 Å². The number of aliphatic hydroxyl groups is 2. The van der Waals surface area contributed by atoms with Crippen LogP contribution >= 0.6 is 0 Å². The molecular formula is C18H27N3O4. The van der Waals surface area contributed by atoms with Crippen LogP contribution in [0.2, 0.25) is 0 Å². The van der Waals surface area contributed by atoms with Crippen LogP contribution in [-0.4, -0.2) is 65.4 Å². The van der Waals surface area contributed by atoms with Gasteiger partial charge in [-0.3, -0.25) is 9.69 Å². The number of nitrogens with zero attached hydrogens (tertiary/aromatic N) is 2. The monoisotopic (exact) mass is 349 g/mol. The van der Waals surface area contributed by atoms with E-state index in [1.165, 1.54) is 10.5 Å². The van der Waals surface area contributed by atoms with E-state index in [1.54, 1.807) is 11.8 Å². The van der Waals surface area contributed by atoms with Crippen LogP contribution < -0.4 is 10.2 Å². The molecule has 1 aromatic carbocycles. The Bertz CT molecular complexity index is 611. The van der Waals surface area contributed by atoms with Crippen LogP contribution in [0.5, 0.6) is 0 Å². The van der Waals surface area contributed by atoms with E-state index in [0.717, 1.165) is 5.69 Å². The molecule has 3 N–H and O–H groups in total. The molecule has 3 amide bonds. The van der Waals surface area contributed by atoms with Crippen molar-refractivity contribution in [2.45, 2.75) is 32.2 Å². The summed E-state index contributed by atoms with van der Waals surface area (Å²) in [6.07, 6.45) is 0. The highest BCUT2D eigenvalue weighted by Gasteiger charge is 2.32. The van der Waals surface area contributed by atoms with Gasteiger partial charge in [0, 0.05) is 18.8 Å². The van der Waals surface area contributed by atoms with Gasteiger partial charge >= 0.3 is 6.03 Å². The summed E-state index contributed by atoms with van der Waals surface area (Å²) < 4.78 is 0. The van der Waals surface area contributed by atoms with E-state index in [4.69, 9.17) is 0 Å². The number of nitrogens with one attached hydrogen (secondary N) is 1. The van der Waals surface area contributed by atoms with Crippen molar-refractivity contribution >= 4 is 17.6 Å². The minimum Gasteiger partial charge on any atom is -0.394 e. The van der Waals surface area contributed by atoms with Crippen LogP contribution in [0.3, 0.4) is 0 Å². The minimum absolute atomic E-state index is 0.102. The van der Waals surface area contributed by atoms with Crippen molar-refractivity contribution in [3.05, 3.63) is 29.8 Å². The van der Waals surface area contributed by atoms with Gasteiger partial charge in [-0.1, -0.05) is 26.0 Å². The van der Waals surface area contributed by atoms with Gasteiger partial charge in [-0.15, -0.1) is 0 Å². The van der Waals surface area contributed by atoms with Crippen LogP contribution in [0, 0.1) is 0 Å². The van der Waals surface area contributed by atoms with E-state index < -0.39 is 11.4 Å². The van der Waals surface area contributed by atoms with Crippen LogP contribution in [0.15, 0.2) is 24.3 Å². The molecule has 0 aromatic heterocycles. The Balaban J connectivity index is 1.98. The summed E-state index contributed by atoms with van der Waals surface area (Å²) in [6, 6.07) is 7.64. The smallest absolute Gasteiger partial charge is 0.325 e. The van der Waals surface area contributed by atoms with Crippen molar-refractivity contribution in [2.24, 2.45) is 0 Å². The Labute approximate surface area is 148 Å². The van der Waals surface area contributed by atoms with Crippen LogP contribution in [0.25, 0.3) is 0 Å². The Hall–Kier alpha value is -2.12. The Morgan fingerprint density at radius 1 is 1.20 bits per heavy atom. The number of anilines is 1. The molecule has 7 nitrogen and oxygen atoms in total. The third-order valence-corrected chi connectivity index (χ3v) is 4.44. The van der Waals surface area contributed by atoms with Crippen molar-refractivity contribution < 1.29 is 19.8 Å². The lowest BCUT2D eigenvalue weighted by atomic mass is 10.0. The van der Waals surface area contributed by atoms with Gasteiger partial charge in [-0.05, 0) is 30.5 Å². The molecule has 25 heavy (non-hydrogen) atoms. The quantitative estimate of drug-likeness (QED) is 0.682. The molecule has 138 valence electrons. The molecule has 1 fully saturated rings. The summed E-state index contributed by atoms with van der Waals surface area (Å²) in [5.74, 6) is 0.0202. The number of rotatable bonds is 7. The molecule has 1 aromatic rings. The maximum atomic E-state index is 12.5. The third-order valence-electron chi connectivity index (χ3n) is 4.44. The highest BCUT2D eigenvalue weighted by molar-refractivity contribution is 5.96. The van der Waals surface area contributed by atoms with E-state index >= 15 is 0 Å². The van der Waals surface area contributed by atoms with E-state index in [-0.39, 0.29) is 25.8 Å².